The highest BCUT2D eigenvalue weighted by Crippen LogP contribution is 2.41. The highest BCUT2D eigenvalue weighted by atomic mass is 15.2. The Morgan fingerprint density at radius 2 is 0.729 bits per heavy atom. The molecule has 0 aliphatic rings. The van der Waals surface area contributed by atoms with E-state index in [4.69, 9.17) is 9.97 Å². The van der Waals surface area contributed by atoms with Gasteiger partial charge in [-0.15, -0.1) is 0 Å². The van der Waals surface area contributed by atoms with Crippen molar-refractivity contribution in [1.82, 2.24) is 32.5 Å². The highest BCUT2D eigenvalue weighted by Gasteiger charge is 2.23. The Morgan fingerprint density at radius 1 is 0.271 bits per heavy atom. The maximum Gasteiger partial charge on any atom is 0.220 e. The normalized spacial score (nSPS) is 12.0. The maximum atomic E-state index is 5.34. The first kappa shape index (κ1) is 38.4. The van der Waals surface area contributed by atoms with Gasteiger partial charge in [-0.2, -0.15) is 0 Å². The van der Waals surface area contributed by atoms with Crippen LogP contribution in [0.4, 0.5) is 17.1 Å². The largest absolute Gasteiger partial charge is 0.310 e. The smallest absolute Gasteiger partial charge is 0.220 e. The quantitative estimate of drug-likeness (QED) is 0.160. The van der Waals surface area contributed by atoms with Crippen molar-refractivity contribution in [3.8, 4) is 28.2 Å². The number of para-hydroxylation sites is 8. The molecule has 0 fully saturated rings. The minimum absolute atomic E-state index is 0.861. The highest BCUT2D eigenvalue weighted by molar-refractivity contribution is 6.10. The molecule has 8 nitrogen and oxygen atoms in total. The minimum Gasteiger partial charge on any atom is -0.310 e. The van der Waals surface area contributed by atoms with E-state index in [1.165, 1.54) is 27.4 Å². The van der Waals surface area contributed by atoms with Crippen LogP contribution in [-0.4, -0.2) is 32.5 Å². The molecule has 15 rings (SSSR count). The first-order valence-electron chi connectivity index (χ1n) is 23.7. The molecule has 0 N–H and O–H groups in total. The zero-order valence-electron chi connectivity index (χ0n) is 37.7. The molecule has 0 aliphatic heterocycles. The van der Waals surface area contributed by atoms with Crippen molar-refractivity contribution in [2.45, 2.75) is 0 Å². The molecule has 0 amide bonds. The Bertz CT molecular complexity index is 4510. The van der Waals surface area contributed by atoms with Crippen LogP contribution in [-0.2, 0) is 0 Å². The maximum absolute atomic E-state index is 5.34. The molecule has 5 heterocycles. The van der Waals surface area contributed by atoms with Crippen molar-refractivity contribution in [2.24, 2.45) is 0 Å². The van der Waals surface area contributed by atoms with Crippen LogP contribution in [0.2, 0.25) is 0 Å². The van der Waals surface area contributed by atoms with Crippen LogP contribution < -0.4 is 4.90 Å². The van der Waals surface area contributed by atoms with Crippen LogP contribution in [0.25, 0.3) is 106 Å². The summed E-state index contributed by atoms with van der Waals surface area (Å²) >= 11 is 0. The van der Waals surface area contributed by atoms with E-state index < -0.39 is 0 Å². The lowest BCUT2D eigenvalue weighted by Gasteiger charge is -2.26. The molecule has 15 aromatic rings. The number of hydrogen-bond acceptors (Lipinski definition) is 3. The van der Waals surface area contributed by atoms with E-state index in [9.17, 15) is 0 Å². The number of benzene rings is 10. The van der Waals surface area contributed by atoms with Crippen LogP contribution in [0.15, 0.2) is 243 Å². The van der Waals surface area contributed by atoms with Gasteiger partial charge in [-0.1, -0.05) is 115 Å². The van der Waals surface area contributed by atoms with Gasteiger partial charge in [0.1, 0.15) is 0 Å². The lowest BCUT2D eigenvalue weighted by molar-refractivity contribution is 1.11. The van der Waals surface area contributed by atoms with Gasteiger partial charge >= 0.3 is 0 Å². The SMILES string of the molecule is c1ccc(-c2ccc(N(c3ccc(-n4c5ccccc5n5c6ccccc6nc45)cc3)c3ccc4c(c3)n3c5ccccc5nc3n4-c3ccc4c(c3)c3ccccc3n4-c3ccccc3)cc2)cc1. The van der Waals surface area contributed by atoms with Crippen molar-refractivity contribution < 1.29 is 0 Å². The number of hydrogen-bond donors (Lipinski definition) is 0. The number of aromatic nitrogens is 7. The Balaban J connectivity index is 0.923. The summed E-state index contributed by atoms with van der Waals surface area (Å²) in [6.45, 7) is 0. The number of fused-ring (bicyclic) bond motifs is 13. The molecule has 0 saturated carbocycles. The third kappa shape index (κ3) is 5.64. The van der Waals surface area contributed by atoms with Gasteiger partial charge in [-0.25, -0.2) is 9.97 Å². The number of rotatable bonds is 7. The molecule has 0 unspecified atom stereocenters. The summed E-state index contributed by atoms with van der Waals surface area (Å²) < 4.78 is 11.5. The van der Waals surface area contributed by atoms with Crippen LogP contribution in [0, 0.1) is 0 Å². The second-order valence-corrected chi connectivity index (χ2v) is 18.0. The molecule has 0 saturated heterocycles. The van der Waals surface area contributed by atoms with Gasteiger partial charge in [0.05, 0.1) is 55.2 Å². The van der Waals surface area contributed by atoms with Gasteiger partial charge in [-0.05, 0) is 139 Å². The van der Waals surface area contributed by atoms with E-state index in [2.05, 4.69) is 270 Å². The number of nitrogens with zero attached hydrogens (tertiary/aromatic N) is 8. The summed E-state index contributed by atoms with van der Waals surface area (Å²) in [5, 5.41) is 2.40. The van der Waals surface area contributed by atoms with Gasteiger partial charge in [0.25, 0.3) is 0 Å². The molecular formula is C62H40N8. The Hall–Kier alpha value is -9.66. The van der Waals surface area contributed by atoms with Crippen LogP contribution in [0.1, 0.15) is 0 Å². The average molecular weight is 897 g/mol. The summed E-state index contributed by atoms with van der Waals surface area (Å²) in [4.78, 5) is 12.9. The van der Waals surface area contributed by atoms with Gasteiger partial charge in [0.2, 0.25) is 11.6 Å². The van der Waals surface area contributed by atoms with Gasteiger partial charge in [0, 0.05) is 44.9 Å². The van der Waals surface area contributed by atoms with Crippen molar-refractivity contribution in [3.63, 3.8) is 0 Å². The molecule has 10 aromatic carbocycles. The van der Waals surface area contributed by atoms with E-state index in [1.807, 2.05) is 0 Å². The second-order valence-electron chi connectivity index (χ2n) is 18.0. The molecule has 0 atom stereocenters. The molecular weight excluding hydrogens is 857 g/mol. The number of anilines is 3. The molecule has 70 heavy (non-hydrogen) atoms. The van der Waals surface area contributed by atoms with Gasteiger partial charge in [0.15, 0.2) is 0 Å². The van der Waals surface area contributed by atoms with Crippen molar-refractivity contribution in [1.29, 1.82) is 0 Å². The third-order valence-corrected chi connectivity index (χ3v) is 14.1. The van der Waals surface area contributed by atoms with Crippen LogP contribution in [0.5, 0.6) is 0 Å². The molecule has 328 valence electrons. The molecule has 0 spiro atoms. The zero-order valence-corrected chi connectivity index (χ0v) is 37.7. The zero-order chi connectivity index (χ0) is 45.9. The lowest BCUT2D eigenvalue weighted by Crippen LogP contribution is -2.10. The predicted molar refractivity (Wildman–Crippen MR) is 287 cm³/mol. The number of imidazole rings is 4. The molecule has 0 bridgehead atoms. The first-order chi connectivity index (χ1) is 34.7. The van der Waals surface area contributed by atoms with Crippen LogP contribution in [0.3, 0.4) is 0 Å². The first-order valence-corrected chi connectivity index (χ1v) is 23.7. The monoisotopic (exact) mass is 896 g/mol. The third-order valence-electron chi connectivity index (χ3n) is 14.1. The van der Waals surface area contributed by atoms with Crippen molar-refractivity contribution in [3.05, 3.63) is 243 Å². The molecule has 0 radical (unpaired) electrons. The lowest BCUT2D eigenvalue weighted by atomic mass is 10.0. The predicted octanol–water partition coefficient (Wildman–Crippen LogP) is 15.4. The topological polar surface area (TPSA) is 52.6 Å². The fourth-order valence-corrected chi connectivity index (χ4v) is 11.0. The molecule has 0 aliphatic carbocycles. The Labute approximate surface area is 401 Å². The Morgan fingerprint density at radius 3 is 1.43 bits per heavy atom. The van der Waals surface area contributed by atoms with Crippen molar-refractivity contribution in [2.75, 3.05) is 4.90 Å². The summed E-state index contributed by atoms with van der Waals surface area (Å²) in [6, 6.07) is 86.7. The second kappa shape index (κ2) is 14.9. The van der Waals surface area contributed by atoms with Crippen LogP contribution >= 0.6 is 0 Å². The van der Waals surface area contributed by atoms with E-state index in [0.717, 1.165) is 95.3 Å². The van der Waals surface area contributed by atoms with Gasteiger partial charge < -0.3 is 9.47 Å². The molecule has 8 heteroatoms. The summed E-state index contributed by atoms with van der Waals surface area (Å²) in [6.07, 6.45) is 0. The summed E-state index contributed by atoms with van der Waals surface area (Å²) in [5.41, 5.74) is 19.4. The average Bonchev–Trinajstić information content (AvgIpc) is 4.23. The Kier molecular flexibility index (Phi) is 8.20. The fraction of sp³-hybridized carbons (Fsp3) is 0. The van der Waals surface area contributed by atoms with E-state index in [0.29, 0.717) is 0 Å². The molecule has 5 aromatic heterocycles. The minimum atomic E-state index is 0.861. The summed E-state index contributed by atoms with van der Waals surface area (Å²) in [5.74, 6) is 1.75. The van der Waals surface area contributed by atoms with Gasteiger partial charge in [-0.3, -0.25) is 17.9 Å². The standard InChI is InChI=1S/C62H40N8/c1-3-15-41(16-4-1)42-27-29-44(30-28-42)65(45-31-33-46(34-32-45)67-57-25-13-14-26-58(57)69-55-23-11-8-20-51(55)63-61(67)69)48-36-38-59-60(40-48)70-56-24-12-9-21-52(56)64-62(70)68(59)47-35-37-54-50(39-47)49-19-7-10-22-53(49)66(54)43-17-5-2-6-18-43/h1-40H. The van der Waals surface area contributed by atoms with E-state index in [1.54, 1.807) is 0 Å². The van der Waals surface area contributed by atoms with E-state index in [-0.39, 0.29) is 0 Å². The van der Waals surface area contributed by atoms with E-state index >= 15 is 0 Å². The summed E-state index contributed by atoms with van der Waals surface area (Å²) in [7, 11) is 0. The van der Waals surface area contributed by atoms with Crippen molar-refractivity contribution >= 4 is 94.6 Å². The fourth-order valence-electron chi connectivity index (χ4n) is 11.0.